The Morgan fingerprint density at radius 3 is 2.43 bits per heavy atom. The van der Waals surface area contributed by atoms with Crippen LogP contribution in [0.4, 0.5) is 0 Å². The fourth-order valence-corrected chi connectivity index (χ4v) is 1.20. The summed E-state index contributed by atoms with van der Waals surface area (Å²) in [7, 11) is -1.63. The van der Waals surface area contributed by atoms with Crippen LogP contribution >= 0.6 is 0 Å². The van der Waals surface area contributed by atoms with Crippen LogP contribution in [-0.2, 0) is 6.42 Å². The average Bonchev–Trinajstić information content (AvgIpc) is 2.16. The molecule has 14 heavy (non-hydrogen) atoms. The third kappa shape index (κ3) is 2.34. The Bertz CT molecular complexity index is 349. The van der Waals surface area contributed by atoms with Crippen LogP contribution in [0, 0.1) is 0 Å². The molecule has 0 aromatic heterocycles. The monoisotopic (exact) mass is 194 g/mol. The van der Waals surface area contributed by atoms with Crippen LogP contribution in [0.1, 0.15) is 22.8 Å². The maximum absolute atomic E-state index is 10.7. The number of rotatable bonds is 3. The van der Waals surface area contributed by atoms with Gasteiger partial charge in [-0.15, -0.1) is 0 Å². The zero-order chi connectivity index (χ0) is 10.7. The van der Waals surface area contributed by atoms with Gasteiger partial charge in [0.15, 0.2) is 0 Å². The van der Waals surface area contributed by atoms with Crippen molar-refractivity contribution in [1.29, 1.82) is 0 Å². The largest absolute Gasteiger partial charge is 0.488 e. The highest BCUT2D eigenvalue weighted by atomic mass is 16.4. The Morgan fingerprint density at radius 1 is 1.36 bits per heavy atom. The lowest BCUT2D eigenvalue weighted by molar-refractivity contribution is 0.0697. The number of aryl methyl sites for hydroxylation is 1. The molecule has 0 saturated heterocycles. The van der Waals surface area contributed by atoms with Crippen LogP contribution < -0.4 is 5.46 Å². The highest BCUT2D eigenvalue weighted by Gasteiger charge is 2.14. The number of hydrogen-bond donors (Lipinski definition) is 3. The van der Waals surface area contributed by atoms with E-state index < -0.39 is 13.1 Å². The van der Waals surface area contributed by atoms with Crippen LogP contribution in [0.3, 0.4) is 0 Å². The van der Waals surface area contributed by atoms with E-state index in [0.717, 1.165) is 5.56 Å². The second-order valence-corrected chi connectivity index (χ2v) is 3.00. The Hall–Kier alpha value is -1.33. The molecule has 0 aliphatic heterocycles. The highest BCUT2D eigenvalue weighted by Crippen LogP contribution is 2.04. The molecule has 0 spiro atoms. The molecular formula is C9H11BO4. The summed E-state index contributed by atoms with van der Waals surface area (Å²) >= 11 is 0. The standard InChI is InChI=1S/C9H11BO4/c1-2-6-3-7(9(11)12)5-8(4-6)10(13)14/h3-5,13-14H,2H2,1H3,(H,11,12). The van der Waals surface area contributed by atoms with Gasteiger partial charge in [0, 0.05) is 0 Å². The Morgan fingerprint density at radius 2 is 2.00 bits per heavy atom. The van der Waals surface area contributed by atoms with Crippen molar-refractivity contribution in [2.24, 2.45) is 0 Å². The van der Waals surface area contributed by atoms with Crippen LogP contribution in [0.15, 0.2) is 18.2 Å². The van der Waals surface area contributed by atoms with Crippen LogP contribution in [0.5, 0.6) is 0 Å². The number of carboxylic acids is 1. The molecule has 0 heterocycles. The molecule has 0 atom stereocenters. The van der Waals surface area contributed by atoms with Gasteiger partial charge in [0.1, 0.15) is 0 Å². The number of aromatic carboxylic acids is 1. The Balaban J connectivity index is 3.20. The topological polar surface area (TPSA) is 77.8 Å². The molecule has 0 saturated carbocycles. The van der Waals surface area contributed by atoms with Crippen molar-refractivity contribution in [2.75, 3.05) is 0 Å². The third-order valence-electron chi connectivity index (χ3n) is 1.97. The van der Waals surface area contributed by atoms with Gasteiger partial charge >= 0.3 is 13.1 Å². The summed E-state index contributed by atoms with van der Waals surface area (Å²) in [4.78, 5) is 10.7. The van der Waals surface area contributed by atoms with Crippen molar-refractivity contribution >= 4 is 18.6 Å². The van der Waals surface area contributed by atoms with Gasteiger partial charge in [0.25, 0.3) is 0 Å². The molecule has 0 aliphatic rings. The number of benzene rings is 1. The van der Waals surface area contributed by atoms with Crippen LogP contribution in [0.2, 0.25) is 0 Å². The molecule has 0 fully saturated rings. The van der Waals surface area contributed by atoms with E-state index in [1.807, 2.05) is 6.92 Å². The molecule has 1 rings (SSSR count). The molecule has 1 aromatic rings. The van der Waals surface area contributed by atoms with Crippen LogP contribution in [-0.4, -0.2) is 28.2 Å². The molecule has 0 amide bonds. The van der Waals surface area contributed by atoms with Gasteiger partial charge < -0.3 is 15.2 Å². The van der Waals surface area contributed by atoms with E-state index in [4.69, 9.17) is 15.2 Å². The van der Waals surface area contributed by atoms with Crippen molar-refractivity contribution < 1.29 is 19.9 Å². The maximum atomic E-state index is 10.7. The van der Waals surface area contributed by atoms with E-state index in [9.17, 15) is 4.79 Å². The SMILES string of the molecule is CCc1cc(B(O)O)cc(C(=O)O)c1. The summed E-state index contributed by atoms with van der Waals surface area (Å²) in [6.45, 7) is 1.87. The summed E-state index contributed by atoms with van der Waals surface area (Å²) in [5.41, 5.74) is 1.06. The van der Waals surface area contributed by atoms with Gasteiger partial charge in [-0.3, -0.25) is 0 Å². The van der Waals surface area contributed by atoms with Crippen molar-refractivity contribution in [3.8, 4) is 0 Å². The lowest BCUT2D eigenvalue weighted by atomic mass is 9.78. The van der Waals surface area contributed by atoms with Crippen LogP contribution in [0.25, 0.3) is 0 Å². The van der Waals surface area contributed by atoms with Gasteiger partial charge in [-0.25, -0.2) is 4.79 Å². The lowest BCUT2D eigenvalue weighted by Crippen LogP contribution is -2.31. The molecule has 1 aromatic carbocycles. The summed E-state index contributed by atoms with van der Waals surface area (Å²) in [6.07, 6.45) is 0.654. The normalized spacial score (nSPS) is 9.93. The molecule has 0 bridgehead atoms. The molecular weight excluding hydrogens is 183 g/mol. The van der Waals surface area contributed by atoms with Crippen molar-refractivity contribution in [1.82, 2.24) is 0 Å². The Labute approximate surface area is 82.0 Å². The van der Waals surface area contributed by atoms with E-state index in [1.165, 1.54) is 12.1 Å². The summed E-state index contributed by atoms with van der Waals surface area (Å²) in [5.74, 6) is -1.07. The van der Waals surface area contributed by atoms with Gasteiger partial charge in [-0.2, -0.15) is 0 Å². The first-order valence-electron chi connectivity index (χ1n) is 4.28. The fourth-order valence-electron chi connectivity index (χ4n) is 1.20. The molecule has 3 N–H and O–H groups in total. The number of carboxylic acid groups (broad SMARTS) is 1. The highest BCUT2D eigenvalue weighted by molar-refractivity contribution is 6.58. The van der Waals surface area contributed by atoms with Crippen molar-refractivity contribution in [3.05, 3.63) is 29.3 Å². The van der Waals surface area contributed by atoms with Gasteiger partial charge in [-0.05, 0) is 29.6 Å². The van der Waals surface area contributed by atoms with Gasteiger partial charge in [0.2, 0.25) is 0 Å². The van der Waals surface area contributed by atoms with Crippen molar-refractivity contribution in [2.45, 2.75) is 13.3 Å². The van der Waals surface area contributed by atoms with Gasteiger partial charge in [-0.1, -0.05) is 13.0 Å². The second kappa shape index (κ2) is 4.26. The molecule has 0 unspecified atom stereocenters. The first-order valence-corrected chi connectivity index (χ1v) is 4.28. The van der Waals surface area contributed by atoms with E-state index in [0.29, 0.717) is 6.42 Å². The quantitative estimate of drug-likeness (QED) is 0.573. The first-order chi connectivity index (χ1) is 6.54. The van der Waals surface area contributed by atoms with E-state index in [2.05, 4.69) is 0 Å². The molecule has 74 valence electrons. The minimum Gasteiger partial charge on any atom is -0.478 e. The molecule has 0 aliphatic carbocycles. The summed E-state index contributed by atoms with van der Waals surface area (Å²) in [5, 5.41) is 26.6. The second-order valence-electron chi connectivity index (χ2n) is 3.00. The lowest BCUT2D eigenvalue weighted by Gasteiger charge is -2.05. The molecule has 4 nitrogen and oxygen atoms in total. The minimum atomic E-state index is -1.63. The smallest absolute Gasteiger partial charge is 0.478 e. The predicted octanol–water partition coefficient (Wildman–Crippen LogP) is -0.373. The summed E-state index contributed by atoms with van der Waals surface area (Å²) < 4.78 is 0. The van der Waals surface area contributed by atoms with E-state index in [1.54, 1.807) is 6.07 Å². The van der Waals surface area contributed by atoms with E-state index in [-0.39, 0.29) is 11.0 Å². The number of hydrogen-bond acceptors (Lipinski definition) is 3. The summed E-state index contributed by atoms with van der Waals surface area (Å²) in [6, 6.07) is 4.36. The molecule has 5 heteroatoms. The van der Waals surface area contributed by atoms with Crippen molar-refractivity contribution in [3.63, 3.8) is 0 Å². The zero-order valence-corrected chi connectivity index (χ0v) is 7.77. The third-order valence-corrected chi connectivity index (χ3v) is 1.97. The fraction of sp³-hybridized carbons (Fsp3) is 0.222. The molecule has 0 radical (unpaired) electrons. The number of carbonyl (C=O) groups is 1. The Kier molecular flexibility index (Phi) is 3.27. The average molecular weight is 194 g/mol. The zero-order valence-electron chi connectivity index (χ0n) is 7.77. The minimum absolute atomic E-state index is 0.0763. The predicted molar refractivity (Wildman–Crippen MR) is 52.6 cm³/mol. The van der Waals surface area contributed by atoms with Gasteiger partial charge in [0.05, 0.1) is 5.56 Å². The maximum Gasteiger partial charge on any atom is 0.488 e. The van der Waals surface area contributed by atoms with E-state index >= 15 is 0 Å². The first kappa shape index (κ1) is 10.8.